The highest BCUT2D eigenvalue weighted by atomic mass is 16.6. The minimum absolute atomic E-state index is 0.178. The Labute approximate surface area is 141 Å². The predicted octanol–water partition coefficient (Wildman–Crippen LogP) is 2.96. The van der Waals surface area contributed by atoms with Crippen molar-refractivity contribution in [3.63, 3.8) is 0 Å². The molecule has 0 fully saturated rings. The Kier molecular flexibility index (Phi) is 4.38. The monoisotopic (exact) mass is 326 g/mol. The molecule has 0 spiro atoms. The van der Waals surface area contributed by atoms with Crippen molar-refractivity contribution in [3.05, 3.63) is 46.8 Å². The van der Waals surface area contributed by atoms with Crippen LogP contribution in [0.2, 0.25) is 0 Å². The minimum Gasteiger partial charge on any atom is -0.382 e. The third-order valence-electron chi connectivity index (χ3n) is 4.19. The average Bonchev–Trinajstić information content (AvgIpc) is 3.17. The van der Waals surface area contributed by atoms with E-state index < -0.39 is 6.10 Å². The van der Waals surface area contributed by atoms with Gasteiger partial charge in [0, 0.05) is 30.4 Å². The molecule has 24 heavy (non-hydrogen) atoms. The average molecular weight is 326 g/mol. The highest BCUT2D eigenvalue weighted by Gasteiger charge is 2.30. The molecule has 0 aliphatic carbocycles. The first-order valence-electron chi connectivity index (χ1n) is 8.13. The fourth-order valence-electron chi connectivity index (χ4n) is 2.72. The molecule has 126 valence electrons. The molecule has 3 rings (SSSR count). The highest BCUT2D eigenvalue weighted by Crippen LogP contribution is 2.22. The maximum absolute atomic E-state index is 12.5. The van der Waals surface area contributed by atoms with Gasteiger partial charge in [-0.25, -0.2) is 0 Å². The number of hydrogen-bond acceptors (Lipinski definition) is 4. The molecule has 0 radical (unpaired) electrons. The van der Waals surface area contributed by atoms with Crippen LogP contribution in [0.15, 0.2) is 29.6 Å². The van der Waals surface area contributed by atoms with Gasteiger partial charge < -0.3 is 10.2 Å². The van der Waals surface area contributed by atoms with E-state index in [2.05, 4.69) is 15.6 Å². The Balaban J connectivity index is 1.69. The van der Waals surface area contributed by atoms with E-state index in [9.17, 15) is 4.79 Å². The SMILES string of the molecule is CCn1cc(C2=NOC(C(=O)Nc3cc(C)ccc3C)C2)c(C)n1. The van der Waals surface area contributed by atoms with Crippen molar-refractivity contribution in [2.75, 3.05) is 5.32 Å². The maximum atomic E-state index is 12.5. The second-order valence-corrected chi connectivity index (χ2v) is 6.13. The molecule has 1 aliphatic rings. The van der Waals surface area contributed by atoms with E-state index in [4.69, 9.17) is 4.84 Å². The van der Waals surface area contributed by atoms with Crippen LogP contribution >= 0.6 is 0 Å². The van der Waals surface area contributed by atoms with Crippen molar-refractivity contribution >= 4 is 17.3 Å². The fraction of sp³-hybridized carbons (Fsp3) is 0.389. The van der Waals surface area contributed by atoms with Crippen molar-refractivity contribution < 1.29 is 9.63 Å². The van der Waals surface area contributed by atoms with E-state index in [-0.39, 0.29) is 5.91 Å². The summed E-state index contributed by atoms with van der Waals surface area (Å²) in [6.45, 7) is 8.73. The van der Waals surface area contributed by atoms with Crippen LogP contribution in [-0.2, 0) is 16.2 Å². The third kappa shape index (κ3) is 3.18. The third-order valence-corrected chi connectivity index (χ3v) is 4.19. The smallest absolute Gasteiger partial charge is 0.268 e. The molecule has 1 aliphatic heterocycles. The number of benzene rings is 1. The molecule has 6 heteroatoms. The van der Waals surface area contributed by atoms with Crippen LogP contribution in [0.1, 0.15) is 35.7 Å². The predicted molar refractivity (Wildman–Crippen MR) is 93.2 cm³/mol. The normalized spacial score (nSPS) is 16.7. The Morgan fingerprint density at radius 1 is 1.38 bits per heavy atom. The number of aromatic nitrogens is 2. The maximum Gasteiger partial charge on any atom is 0.268 e. The topological polar surface area (TPSA) is 68.5 Å². The minimum atomic E-state index is -0.607. The molecule has 1 N–H and O–H groups in total. The Morgan fingerprint density at radius 2 is 2.17 bits per heavy atom. The molecule has 0 saturated heterocycles. The van der Waals surface area contributed by atoms with Gasteiger partial charge in [-0.15, -0.1) is 0 Å². The number of carbonyl (C=O) groups excluding carboxylic acids is 1. The van der Waals surface area contributed by atoms with Crippen LogP contribution in [0.25, 0.3) is 0 Å². The Bertz CT molecular complexity index is 807. The van der Waals surface area contributed by atoms with Gasteiger partial charge in [0.1, 0.15) is 0 Å². The zero-order valence-corrected chi connectivity index (χ0v) is 14.5. The summed E-state index contributed by atoms with van der Waals surface area (Å²) < 4.78 is 1.86. The highest BCUT2D eigenvalue weighted by molar-refractivity contribution is 6.06. The lowest BCUT2D eigenvalue weighted by molar-refractivity contribution is -0.125. The Hall–Kier alpha value is -2.63. The summed E-state index contributed by atoms with van der Waals surface area (Å²) in [5.74, 6) is -0.178. The lowest BCUT2D eigenvalue weighted by atomic mass is 10.1. The summed E-state index contributed by atoms with van der Waals surface area (Å²) in [4.78, 5) is 17.8. The molecule has 2 heterocycles. The number of oxime groups is 1. The van der Waals surface area contributed by atoms with E-state index in [1.165, 1.54) is 0 Å². The largest absolute Gasteiger partial charge is 0.382 e. The number of rotatable bonds is 4. The zero-order valence-electron chi connectivity index (χ0n) is 14.5. The molecule has 1 aromatic heterocycles. The second kappa shape index (κ2) is 6.47. The van der Waals surface area contributed by atoms with Crippen LogP contribution in [-0.4, -0.2) is 27.5 Å². The van der Waals surface area contributed by atoms with E-state index in [1.807, 2.05) is 56.8 Å². The van der Waals surface area contributed by atoms with Gasteiger partial charge in [0.05, 0.1) is 11.4 Å². The van der Waals surface area contributed by atoms with Gasteiger partial charge in [-0.3, -0.25) is 9.48 Å². The fourth-order valence-corrected chi connectivity index (χ4v) is 2.72. The number of hydrogen-bond donors (Lipinski definition) is 1. The van der Waals surface area contributed by atoms with Crippen LogP contribution in [0.3, 0.4) is 0 Å². The van der Waals surface area contributed by atoms with Gasteiger partial charge in [0.25, 0.3) is 5.91 Å². The van der Waals surface area contributed by atoms with E-state index in [0.717, 1.165) is 40.3 Å². The lowest BCUT2D eigenvalue weighted by Gasteiger charge is -2.12. The van der Waals surface area contributed by atoms with Gasteiger partial charge in [-0.05, 0) is 44.9 Å². The second-order valence-electron chi connectivity index (χ2n) is 6.13. The molecular formula is C18H22N4O2. The summed E-state index contributed by atoms with van der Waals surface area (Å²) in [6.07, 6.45) is 1.79. The van der Waals surface area contributed by atoms with Crippen molar-refractivity contribution in [3.8, 4) is 0 Å². The molecule has 0 bridgehead atoms. The number of nitrogens with one attached hydrogen (secondary N) is 1. The van der Waals surface area contributed by atoms with Crippen LogP contribution in [0.5, 0.6) is 0 Å². The van der Waals surface area contributed by atoms with Crippen molar-refractivity contribution in [1.82, 2.24) is 9.78 Å². The van der Waals surface area contributed by atoms with E-state index in [1.54, 1.807) is 0 Å². The molecular weight excluding hydrogens is 304 g/mol. The number of nitrogens with zero attached hydrogens (tertiary/aromatic N) is 3. The van der Waals surface area contributed by atoms with Gasteiger partial charge in [0.15, 0.2) is 0 Å². The number of anilines is 1. The van der Waals surface area contributed by atoms with E-state index >= 15 is 0 Å². The quantitative estimate of drug-likeness (QED) is 0.939. The van der Waals surface area contributed by atoms with Crippen molar-refractivity contribution in [1.29, 1.82) is 0 Å². The molecule has 0 saturated carbocycles. The summed E-state index contributed by atoms with van der Waals surface area (Å²) in [6, 6.07) is 5.97. The molecule has 1 aromatic carbocycles. The van der Waals surface area contributed by atoms with E-state index in [0.29, 0.717) is 6.42 Å². The van der Waals surface area contributed by atoms with Crippen LogP contribution < -0.4 is 5.32 Å². The number of carbonyl (C=O) groups is 1. The first-order chi connectivity index (χ1) is 11.5. The molecule has 1 unspecified atom stereocenters. The van der Waals surface area contributed by atoms with Crippen LogP contribution in [0, 0.1) is 20.8 Å². The van der Waals surface area contributed by atoms with Crippen molar-refractivity contribution in [2.45, 2.75) is 46.8 Å². The first-order valence-corrected chi connectivity index (χ1v) is 8.13. The van der Waals surface area contributed by atoms with Gasteiger partial charge in [-0.1, -0.05) is 17.3 Å². The standard InChI is InChI=1S/C18H22N4O2/c1-5-22-10-14(13(4)20-22)16-9-17(24-21-16)18(23)19-15-8-11(2)6-7-12(15)3/h6-8,10,17H,5,9H2,1-4H3,(H,19,23). The Morgan fingerprint density at radius 3 is 2.88 bits per heavy atom. The summed E-state index contributed by atoms with van der Waals surface area (Å²) in [7, 11) is 0. The lowest BCUT2D eigenvalue weighted by Crippen LogP contribution is -2.28. The molecule has 2 aromatic rings. The summed E-state index contributed by atoms with van der Waals surface area (Å²) >= 11 is 0. The van der Waals surface area contributed by atoms with Gasteiger partial charge in [-0.2, -0.15) is 5.10 Å². The van der Waals surface area contributed by atoms with Gasteiger partial charge in [0.2, 0.25) is 6.10 Å². The van der Waals surface area contributed by atoms with Gasteiger partial charge >= 0.3 is 0 Å². The molecule has 1 atom stereocenters. The number of aryl methyl sites for hydroxylation is 4. The summed E-state index contributed by atoms with van der Waals surface area (Å²) in [5.41, 5.74) is 5.55. The summed E-state index contributed by atoms with van der Waals surface area (Å²) in [5, 5.41) is 11.5. The molecule has 1 amide bonds. The van der Waals surface area contributed by atoms with Crippen molar-refractivity contribution in [2.24, 2.45) is 5.16 Å². The first kappa shape index (κ1) is 16.2. The zero-order chi connectivity index (χ0) is 17.3. The number of amides is 1. The molecule has 6 nitrogen and oxygen atoms in total. The van der Waals surface area contributed by atoms with Crippen LogP contribution in [0.4, 0.5) is 5.69 Å².